The third-order valence-corrected chi connectivity index (χ3v) is 3.85. The van der Waals surface area contributed by atoms with Crippen LogP contribution in [0.1, 0.15) is 55.8 Å². The first kappa shape index (κ1) is 15.8. The van der Waals surface area contributed by atoms with Crippen LogP contribution in [0.25, 0.3) is 0 Å². The minimum atomic E-state index is -0.365. The molecular formula is C16H24N2O3. The fourth-order valence-electron chi connectivity index (χ4n) is 2.60. The van der Waals surface area contributed by atoms with Gasteiger partial charge in [0.1, 0.15) is 6.61 Å². The molecule has 21 heavy (non-hydrogen) atoms. The molecule has 2 N–H and O–H groups in total. The molecule has 0 saturated heterocycles. The summed E-state index contributed by atoms with van der Waals surface area (Å²) in [5.41, 5.74) is 6.58. The lowest BCUT2D eigenvalue weighted by atomic mass is 9.93. The summed E-state index contributed by atoms with van der Waals surface area (Å²) < 4.78 is 10.6. The van der Waals surface area contributed by atoms with Crippen LogP contribution in [-0.4, -0.2) is 29.7 Å². The number of carbonyl (C=O) groups excluding carboxylic acids is 1. The summed E-state index contributed by atoms with van der Waals surface area (Å²) in [5, 5.41) is 0. The third-order valence-electron chi connectivity index (χ3n) is 3.85. The zero-order valence-electron chi connectivity index (χ0n) is 12.6. The standard InChI is InChI=1S/C16H24N2O3/c1-2-20-15(19)13-7-8-14(18-11-13)21-12-16(17)9-5-3-4-6-10-16/h7-8,11H,2-6,9-10,12,17H2,1H3. The van der Waals surface area contributed by atoms with Gasteiger partial charge in [-0.2, -0.15) is 0 Å². The molecule has 1 heterocycles. The highest BCUT2D eigenvalue weighted by atomic mass is 16.5. The number of nitrogens with zero attached hydrogens (tertiary/aromatic N) is 1. The summed E-state index contributed by atoms with van der Waals surface area (Å²) in [6, 6.07) is 3.35. The second-order valence-electron chi connectivity index (χ2n) is 5.67. The second-order valence-corrected chi connectivity index (χ2v) is 5.67. The van der Waals surface area contributed by atoms with Crippen molar-refractivity contribution in [2.45, 2.75) is 51.0 Å². The number of hydrogen-bond donors (Lipinski definition) is 1. The quantitative estimate of drug-likeness (QED) is 0.667. The van der Waals surface area contributed by atoms with Gasteiger partial charge < -0.3 is 15.2 Å². The number of nitrogens with two attached hydrogens (primary N) is 1. The number of ether oxygens (including phenoxy) is 2. The maximum absolute atomic E-state index is 11.5. The Labute approximate surface area is 125 Å². The summed E-state index contributed by atoms with van der Waals surface area (Å²) in [6.45, 7) is 2.60. The van der Waals surface area contributed by atoms with E-state index in [-0.39, 0.29) is 11.5 Å². The Hall–Kier alpha value is -1.62. The molecule has 0 atom stereocenters. The fraction of sp³-hybridized carbons (Fsp3) is 0.625. The first-order valence-corrected chi connectivity index (χ1v) is 7.68. The number of carbonyl (C=O) groups is 1. The molecule has 5 nitrogen and oxygen atoms in total. The predicted molar refractivity (Wildman–Crippen MR) is 80.3 cm³/mol. The van der Waals surface area contributed by atoms with Crippen LogP contribution in [-0.2, 0) is 4.74 Å². The van der Waals surface area contributed by atoms with Gasteiger partial charge in [0.2, 0.25) is 5.88 Å². The number of aromatic nitrogens is 1. The molecule has 0 aliphatic heterocycles. The molecule has 0 aromatic carbocycles. The van der Waals surface area contributed by atoms with E-state index in [2.05, 4.69) is 4.98 Å². The molecule has 1 aliphatic rings. The zero-order valence-corrected chi connectivity index (χ0v) is 12.6. The average Bonchev–Trinajstić information content (AvgIpc) is 2.71. The molecule has 1 aliphatic carbocycles. The Morgan fingerprint density at radius 3 is 2.57 bits per heavy atom. The van der Waals surface area contributed by atoms with Crippen LogP contribution in [0.5, 0.6) is 5.88 Å². The van der Waals surface area contributed by atoms with Gasteiger partial charge in [-0.25, -0.2) is 9.78 Å². The van der Waals surface area contributed by atoms with Gasteiger partial charge in [0, 0.05) is 12.3 Å². The molecule has 1 fully saturated rings. The van der Waals surface area contributed by atoms with Crippen LogP contribution in [0.3, 0.4) is 0 Å². The van der Waals surface area contributed by atoms with Gasteiger partial charge in [-0.1, -0.05) is 25.7 Å². The molecular weight excluding hydrogens is 268 g/mol. The predicted octanol–water partition coefficient (Wildman–Crippen LogP) is 2.69. The number of hydrogen-bond acceptors (Lipinski definition) is 5. The smallest absolute Gasteiger partial charge is 0.339 e. The highest BCUT2D eigenvalue weighted by molar-refractivity contribution is 5.89. The van der Waals surface area contributed by atoms with Gasteiger partial charge in [0.25, 0.3) is 0 Å². The second kappa shape index (κ2) is 7.41. The first-order valence-electron chi connectivity index (χ1n) is 7.68. The molecule has 5 heteroatoms. The Kier molecular flexibility index (Phi) is 5.56. The molecule has 1 aromatic heterocycles. The van der Waals surface area contributed by atoms with E-state index >= 15 is 0 Å². The number of esters is 1. The number of pyridine rings is 1. The van der Waals surface area contributed by atoms with Gasteiger partial charge in [-0.3, -0.25) is 0 Å². The van der Waals surface area contributed by atoms with Crippen molar-refractivity contribution in [2.24, 2.45) is 5.73 Å². The fourth-order valence-corrected chi connectivity index (χ4v) is 2.60. The van der Waals surface area contributed by atoms with Gasteiger partial charge >= 0.3 is 5.97 Å². The SMILES string of the molecule is CCOC(=O)c1ccc(OCC2(N)CCCCCC2)nc1. The largest absolute Gasteiger partial charge is 0.476 e. The van der Waals surface area contributed by atoms with Gasteiger partial charge in [0.05, 0.1) is 17.7 Å². The normalized spacial score (nSPS) is 17.8. The Balaban J connectivity index is 1.89. The van der Waals surface area contributed by atoms with E-state index in [1.165, 1.54) is 19.0 Å². The summed E-state index contributed by atoms with van der Waals surface area (Å²) in [6.07, 6.45) is 8.30. The van der Waals surface area contributed by atoms with Crippen molar-refractivity contribution < 1.29 is 14.3 Å². The first-order chi connectivity index (χ1) is 10.1. The van der Waals surface area contributed by atoms with E-state index in [4.69, 9.17) is 15.2 Å². The lowest BCUT2D eigenvalue weighted by Gasteiger charge is -2.27. The third kappa shape index (κ3) is 4.70. The summed E-state index contributed by atoms with van der Waals surface area (Å²) in [5.74, 6) is 0.132. The average molecular weight is 292 g/mol. The van der Waals surface area contributed by atoms with E-state index in [1.807, 2.05) is 0 Å². The van der Waals surface area contributed by atoms with Crippen molar-refractivity contribution in [3.8, 4) is 5.88 Å². The van der Waals surface area contributed by atoms with Crippen LogP contribution in [0.4, 0.5) is 0 Å². The molecule has 0 amide bonds. The van der Waals surface area contributed by atoms with Crippen molar-refractivity contribution in [1.29, 1.82) is 0 Å². The lowest BCUT2D eigenvalue weighted by Crippen LogP contribution is -2.45. The van der Waals surface area contributed by atoms with E-state index in [0.717, 1.165) is 25.7 Å². The van der Waals surface area contributed by atoms with Gasteiger partial charge in [0.15, 0.2) is 0 Å². The lowest BCUT2D eigenvalue weighted by molar-refractivity contribution is 0.0525. The summed E-state index contributed by atoms with van der Waals surface area (Å²) in [4.78, 5) is 15.7. The van der Waals surface area contributed by atoms with E-state index in [9.17, 15) is 4.79 Å². The minimum absolute atomic E-state index is 0.252. The molecule has 116 valence electrons. The van der Waals surface area contributed by atoms with Gasteiger partial charge in [-0.15, -0.1) is 0 Å². The maximum Gasteiger partial charge on any atom is 0.339 e. The highest BCUT2D eigenvalue weighted by Gasteiger charge is 2.27. The molecule has 1 saturated carbocycles. The highest BCUT2D eigenvalue weighted by Crippen LogP contribution is 2.25. The van der Waals surface area contributed by atoms with Gasteiger partial charge in [-0.05, 0) is 25.8 Å². The maximum atomic E-state index is 11.5. The van der Waals surface area contributed by atoms with Crippen LogP contribution in [0, 0.1) is 0 Å². The number of rotatable bonds is 5. The molecule has 0 spiro atoms. The van der Waals surface area contributed by atoms with Crippen LogP contribution < -0.4 is 10.5 Å². The molecule has 0 unspecified atom stereocenters. The Morgan fingerprint density at radius 2 is 2.00 bits per heavy atom. The van der Waals surface area contributed by atoms with Crippen molar-refractivity contribution in [3.63, 3.8) is 0 Å². The molecule has 1 aromatic rings. The van der Waals surface area contributed by atoms with E-state index in [1.54, 1.807) is 19.1 Å². The zero-order chi connectivity index (χ0) is 15.1. The Bertz CT molecular complexity index is 451. The molecule has 0 radical (unpaired) electrons. The van der Waals surface area contributed by atoms with Crippen LogP contribution in [0.15, 0.2) is 18.3 Å². The van der Waals surface area contributed by atoms with E-state index < -0.39 is 0 Å². The monoisotopic (exact) mass is 292 g/mol. The molecule has 2 rings (SSSR count). The van der Waals surface area contributed by atoms with Crippen LogP contribution >= 0.6 is 0 Å². The van der Waals surface area contributed by atoms with Crippen LogP contribution in [0.2, 0.25) is 0 Å². The van der Waals surface area contributed by atoms with Crippen molar-refractivity contribution in [3.05, 3.63) is 23.9 Å². The Morgan fingerprint density at radius 1 is 1.29 bits per heavy atom. The van der Waals surface area contributed by atoms with Crippen molar-refractivity contribution >= 4 is 5.97 Å². The summed E-state index contributed by atoms with van der Waals surface area (Å²) in [7, 11) is 0. The van der Waals surface area contributed by atoms with Crippen molar-refractivity contribution in [1.82, 2.24) is 4.98 Å². The summed E-state index contributed by atoms with van der Waals surface area (Å²) >= 11 is 0. The van der Waals surface area contributed by atoms with E-state index in [0.29, 0.717) is 24.7 Å². The minimum Gasteiger partial charge on any atom is -0.476 e. The molecule has 0 bridgehead atoms. The topological polar surface area (TPSA) is 74.4 Å². The van der Waals surface area contributed by atoms with Crippen molar-refractivity contribution in [2.75, 3.05) is 13.2 Å².